The van der Waals surface area contributed by atoms with Crippen molar-refractivity contribution >= 4 is 29.9 Å². The Morgan fingerprint density at radius 3 is 2.12 bits per heavy atom. The number of methoxy groups -OCH3 is 3. The Balaban J connectivity index is 0.00000385. The summed E-state index contributed by atoms with van der Waals surface area (Å²) < 4.78 is 22.1. The molecule has 1 aromatic carbocycles. The molecule has 0 aliphatic carbocycles. The molecule has 0 unspecified atom stereocenters. The van der Waals surface area contributed by atoms with Gasteiger partial charge in [0, 0.05) is 44.8 Å². The second-order valence-corrected chi connectivity index (χ2v) is 7.91. The highest BCUT2D eigenvalue weighted by Crippen LogP contribution is 2.38. The van der Waals surface area contributed by atoms with Crippen LogP contribution in [0.1, 0.15) is 29.6 Å². The molecule has 184 valence electrons. The number of furan rings is 1. The largest absolute Gasteiger partial charge is 0.493 e. The van der Waals surface area contributed by atoms with Gasteiger partial charge in [-0.3, -0.25) is 4.90 Å². The molecule has 1 aromatic heterocycles. The van der Waals surface area contributed by atoms with Gasteiger partial charge in [0.25, 0.3) is 0 Å². The van der Waals surface area contributed by atoms with E-state index in [0.29, 0.717) is 23.8 Å². The smallest absolute Gasteiger partial charge is 0.203 e. The van der Waals surface area contributed by atoms with Gasteiger partial charge < -0.3 is 28.8 Å². The predicted molar refractivity (Wildman–Crippen MR) is 141 cm³/mol. The normalized spacial score (nSPS) is 14.6. The average molecular weight is 572 g/mol. The Morgan fingerprint density at radius 1 is 1.00 bits per heavy atom. The maximum atomic E-state index is 5.63. The summed E-state index contributed by atoms with van der Waals surface area (Å²) in [5.41, 5.74) is 2.28. The van der Waals surface area contributed by atoms with Crippen LogP contribution < -0.4 is 19.5 Å². The molecule has 0 radical (unpaired) electrons. The van der Waals surface area contributed by atoms with Gasteiger partial charge in [-0.05, 0) is 44.5 Å². The minimum Gasteiger partial charge on any atom is -0.493 e. The maximum absolute atomic E-state index is 5.63. The van der Waals surface area contributed by atoms with Crippen LogP contribution in [0.3, 0.4) is 0 Å². The minimum atomic E-state index is 0. The summed E-state index contributed by atoms with van der Waals surface area (Å²) >= 11 is 0. The van der Waals surface area contributed by atoms with Gasteiger partial charge in [0.1, 0.15) is 11.5 Å². The molecule has 0 saturated carbocycles. The Labute approximate surface area is 214 Å². The van der Waals surface area contributed by atoms with Crippen molar-refractivity contribution in [2.24, 2.45) is 4.99 Å². The number of hydrogen-bond donors (Lipinski definition) is 1. The van der Waals surface area contributed by atoms with Gasteiger partial charge >= 0.3 is 0 Å². The van der Waals surface area contributed by atoms with Gasteiger partial charge in [-0.1, -0.05) is 0 Å². The zero-order valence-electron chi connectivity index (χ0n) is 20.6. The lowest BCUT2D eigenvalue weighted by molar-refractivity contribution is 0.172. The Hall–Kier alpha value is -2.14. The average Bonchev–Trinajstić information content (AvgIpc) is 3.13. The Morgan fingerprint density at radius 2 is 1.64 bits per heavy atom. The fourth-order valence-electron chi connectivity index (χ4n) is 4.03. The van der Waals surface area contributed by atoms with Gasteiger partial charge in [-0.2, -0.15) is 0 Å². The molecule has 1 N–H and O–H groups in total. The third kappa shape index (κ3) is 6.92. The number of guanidine groups is 1. The minimum absolute atomic E-state index is 0. The lowest BCUT2D eigenvalue weighted by Crippen LogP contribution is -2.52. The summed E-state index contributed by atoms with van der Waals surface area (Å²) in [4.78, 5) is 9.63. The Bertz CT molecular complexity index is 898. The number of piperazine rings is 1. The van der Waals surface area contributed by atoms with Crippen LogP contribution in [0.25, 0.3) is 0 Å². The van der Waals surface area contributed by atoms with Crippen molar-refractivity contribution in [2.75, 3.05) is 54.1 Å². The van der Waals surface area contributed by atoms with Gasteiger partial charge in [-0.25, -0.2) is 4.99 Å². The van der Waals surface area contributed by atoms with Crippen LogP contribution >= 0.6 is 24.0 Å². The molecule has 1 saturated heterocycles. The van der Waals surface area contributed by atoms with Crippen LogP contribution in [0.15, 0.2) is 27.6 Å². The highest BCUT2D eigenvalue weighted by atomic mass is 127. The van der Waals surface area contributed by atoms with Gasteiger partial charge in [0.15, 0.2) is 17.5 Å². The fraction of sp³-hybridized carbons (Fsp3) is 0.542. The van der Waals surface area contributed by atoms with E-state index < -0.39 is 0 Å². The molecular formula is C24H37IN4O4. The molecule has 2 aromatic rings. The third-order valence-electron chi connectivity index (χ3n) is 5.68. The highest BCUT2D eigenvalue weighted by molar-refractivity contribution is 14.0. The van der Waals surface area contributed by atoms with Crippen LogP contribution in [-0.4, -0.2) is 69.8 Å². The van der Waals surface area contributed by atoms with E-state index in [1.807, 2.05) is 26.0 Å². The van der Waals surface area contributed by atoms with Crippen LogP contribution in [0.5, 0.6) is 17.2 Å². The van der Waals surface area contributed by atoms with Crippen molar-refractivity contribution in [3.05, 3.63) is 40.8 Å². The second kappa shape index (κ2) is 12.9. The lowest BCUT2D eigenvalue weighted by Gasteiger charge is -2.36. The summed E-state index contributed by atoms with van der Waals surface area (Å²) in [6.07, 6.45) is 0. The van der Waals surface area contributed by atoms with Crippen molar-refractivity contribution in [1.29, 1.82) is 0 Å². The molecule has 33 heavy (non-hydrogen) atoms. The predicted octanol–water partition coefficient (Wildman–Crippen LogP) is 3.82. The second-order valence-electron chi connectivity index (χ2n) is 7.91. The van der Waals surface area contributed by atoms with E-state index in [0.717, 1.165) is 67.9 Å². The number of aliphatic imine (C=N–C) groups is 1. The molecule has 0 atom stereocenters. The maximum Gasteiger partial charge on any atom is 0.203 e. The number of nitrogens with zero attached hydrogens (tertiary/aromatic N) is 3. The summed E-state index contributed by atoms with van der Waals surface area (Å²) in [6.45, 7) is 12.1. The standard InChI is InChI=1S/C24H36N4O4.HI/c1-7-25-24(26-15-20-12-17(2)32-18(20)3)28-10-8-27(9-11-28)16-19-13-21(29-4)23(31-6)22(14-19)30-5;/h12-14H,7-11,15-16H2,1-6H3,(H,25,26);1H. The number of hydrogen-bond acceptors (Lipinski definition) is 6. The monoisotopic (exact) mass is 572 g/mol. The van der Waals surface area contributed by atoms with Crippen LogP contribution in [-0.2, 0) is 13.1 Å². The SMILES string of the molecule is CCNC(=NCc1cc(C)oc1C)N1CCN(Cc2cc(OC)c(OC)c(OC)c2)CC1.I. The summed E-state index contributed by atoms with van der Waals surface area (Å²) in [7, 11) is 4.92. The van der Waals surface area contributed by atoms with Crippen LogP contribution in [0.4, 0.5) is 0 Å². The third-order valence-corrected chi connectivity index (χ3v) is 5.68. The number of aryl methyl sites for hydroxylation is 2. The van der Waals surface area contributed by atoms with Crippen molar-refractivity contribution in [1.82, 2.24) is 15.1 Å². The van der Waals surface area contributed by atoms with E-state index in [1.54, 1.807) is 21.3 Å². The van der Waals surface area contributed by atoms with Crippen molar-refractivity contribution < 1.29 is 18.6 Å². The number of halogens is 1. The molecule has 1 aliphatic heterocycles. The summed E-state index contributed by atoms with van der Waals surface area (Å²) in [5.74, 6) is 4.82. The molecule has 9 heteroatoms. The molecule has 3 rings (SSSR count). The van der Waals surface area contributed by atoms with E-state index in [2.05, 4.69) is 28.1 Å². The van der Waals surface area contributed by atoms with E-state index in [1.165, 1.54) is 0 Å². The number of rotatable bonds is 8. The van der Waals surface area contributed by atoms with Crippen molar-refractivity contribution in [2.45, 2.75) is 33.9 Å². The van der Waals surface area contributed by atoms with Gasteiger partial charge in [0.2, 0.25) is 5.75 Å². The summed E-state index contributed by atoms with van der Waals surface area (Å²) in [5, 5.41) is 3.44. The molecule has 0 spiro atoms. The number of nitrogens with one attached hydrogen (secondary N) is 1. The Kier molecular flexibility index (Phi) is 10.6. The molecule has 8 nitrogen and oxygen atoms in total. The molecule has 1 fully saturated rings. The molecule has 2 heterocycles. The number of benzene rings is 1. The zero-order valence-corrected chi connectivity index (χ0v) is 22.9. The van der Waals surface area contributed by atoms with E-state index >= 15 is 0 Å². The van der Waals surface area contributed by atoms with Crippen LogP contribution in [0, 0.1) is 13.8 Å². The lowest BCUT2D eigenvalue weighted by atomic mass is 10.1. The summed E-state index contributed by atoms with van der Waals surface area (Å²) in [6, 6.07) is 6.11. The molecular weight excluding hydrogens is 535 g/mol. The van der Waals surface area contributed by atoms with Crippen molar-refractivity contribution in [3.63, 3.8) is 0 Å². The number of ether oxygens (including phenoxy) is 3. The molecule has 1 aliphatic rings. The first-order chi connectivity index (χ1) is 15.5. The first-order valence-corrected chi connectivity index (χ1v) is 11.1. The van der Waals surface area contributed by atoms with Gasteiger partial charge in [0.05, 0.1) is 27.9 Å². The quantitative estimate of drug-likeness (QED) is 0.293. The van der Waals surface area contributed by atoms with Gasteiger partial charge in [-0.15, -0.1) is 24.0 Å². The topological polar surface area (TPSA) is 71.7 Å². The van der Waals surface area contributed by atoms with E-state index in [4.69, 9.17) is 23.6 Å². The molecule has 0 amide bonds. The first kappa shape index (κ1) is 27.1. The zero-order chi connectivity index (χ0) is 23.1. The van der Waals surface area contributed by atoms with Crippen molar-refractivity contribution in [3.8, 4) is 17.2 Å². The van der Waals surface area contributed by atoms with Crippen LogP contribution in [0.2, 0.25) is 0 Å². The molecule has 0 bridgehead atoms. The van der Waals surface area contributed by atoms with E-state index in [-0.39, 0.29) is 24.0 Å². The van der Waals surface area contributed by atoms with E-state index in [9.17, 15) is 0 Å². The first-order valence-electron chi connectivity index (χ1n) is 11.1. The fourth-order valence-corrected chi connectivity index (χ4v) is 4.03. The highest BCUT2D eigenvalue weighted by Gasteiger charge is 2.21.